The molecule has 0 aliphatic heterocycles. The van der Waals surface area contributed by atoms with Gasteiger partial charge in [-0.2, -0.15) is 0 Å². The van der Waals surface area contributed by atoms with Gasteiger partial charge in [0, 0.05) is 25.3 Å². The van der Waals surface area contributed by atoms with Gasteiger partial charge in [0.15, 0.2) is 0 Å². The van der Waals surface area contributed by atoms with Crippen LogP contribution in [0.1, 0.15) is 11.5 Å². The molecule has 0 saturated carbocycles. The van der Waals surface area contributed by atoms with E-state index in [1.165, 1.54) is 0 Å². The lowest BCUT2D eigenvalue weighted by Gasteiger charge is -2.11. The molecule has 17 heavy (non-hydrogen) atoms. The highest BCUT2D eigenvalue weighted by molar-refractivity contribution is 6.16. The van der Waals surface area contributed by atoms with Crippen LogP contribution in [0.4, 0.5) is 5.69 Å². The summed E-state index contributed by atoms with van der Waals surface area (Å²) < 4.78 is 5.58. The van der Waals surface area contributed by atoms with Gasteiger partial charge in [-0.3, -0.25) is 0 Å². The summed E-state index contributed by atoms with van der Waals surface area (Å²) in [7, 11) is 4.02. The lowest BCUT2D eigenvalue weighted by atomic mass is 10.2. The summed E-state index contributed by atoms with van der Waals surface area (Å²) in [5.74, 6) is 1.79. The minimum atomic E-state index is 0.380. The van der Waals surface area contributed by atoms with E-state index in [4.69, 9.17) is 16.0 Å². The predicted molar refractivity (Wildman–Crippen MR) is 70.6 cm³/mol. The Morgan fingerprint density at radius 2 is 1.88 bits per heavy atom. The molecule has 3 nitrogen and oxygen atoms in total. The van der Waals surface area contributed by atoms with Gasteiger partial charge in [0.25, 0.3) is 0 Å². The number of aryl methyl sites for hydroxylation is 1. The van der Waals surface area contributed by atoms with Crippen LogP contribution in [0.15, 0.2) is 28.7 Å². The first kappa shape index (κ1) is 12.0. The van der Waals surface area contributed by atoms with Crippen LogP contribution < -0.4 is 4.90 Å². The number of rotatable bonds is 3. The molecule has 0 saturated heterocycles. The van der Waals surface area contributed by atoms with Crippen LogP contribution in [-0.4, -0.2) is 19.1 Å². The van der Waals surface area contributed by atoms with Crippen LogP contribution >= 0.6 is 11.6 Å². The van der Waals surface area contributed by atoms with E-state index < -0.39 is 0 Å². The normalized spacial score (nSPS) is 10.6. The zero-order valence-corrected chi connectivity index (χ0v) is 11.0. The molecule has 0 radical (unpaired) electrons. The number of nitrogens with zero attached hydrogens (tertiary/aromatic N) is 2. The SMILES string of the molecule is Cc1oc(-c2ccc(N(C)C)cc2)nc1CCl. The third kappa shape index (κ3) is 2.44. The Kier molecular flexibility index (Phi) is 3.38. The minimum absolute atomic E-state index is 0.380. The summed E-state index contributed by atoms with van der Waals surface area (Å²) in [5.41, 5.74) is 2.92. The number of benzene rings is 1. The Labute approximate surface area is 106 Å². The average molecular weight is 251 g/mol. The Hall–Kier alpha value is -1.48. The summed E-state index contributed by atoms with van der Waals surface area (Å²) in [6.07, 6.45) is 0. The number of anilines is 1. The van der Waals surface area contributed by atoms with Crippen molar-refractivity contribution < 1.29 is 4.42 Å². The van der Waals surface area contributed by atoms with Crippen LogP contribution in [0.3, 0.4) is 0 Å². The van der Waals surface area contributed by atoms with Crippen LogP contribution in [0, 0.1) is 6.92 Å². The summed E-state index contributed by atoms with van der Waals surface area (Å²) in [5, 5.41) is 0. The van der Waals surface area contributed by atoms with E-state index in [0.29, 0.717) is 11.8 Å². The quantitative estimate of drug-likeness (QED) is 0.782. The summed E-state index contributed by atoms with van der Waals surface area (Å²) in [4.78, 5) is 6.41. The molecule has 4 heteroatoms. The van der Waals surface area contributed by atoms with E-state index in [1.54, 1.807) is 0 Å². The van der Waals surface area contributed by atoms with Gasteiger partial charge in [-0.15, -0.1) is 11.6 Å². The molecule has 0 atom stereocenters. The first-order valence-electron chi connectivity index (χ1n) is 5.42. The van der Waals surface area contributed by atoms with Crippen molar-refractivity contribution in [3.8, 4) is 11.5 Å². The molecule has 1 aromatic heterocycles. The van der Waals surface area contributed by atoms with Gasteiger partial charge in [0.05, 0.1) is 11.6 Å². The maximum atomic E-state index is 5.77. The van der Waals surface area contributed by atoms with E-state index in [9.17, 15) is 0 Å². The van der Waals surface area contributed by atoms with Crippen LogP contribution in [0.5, 0.6) is 0 Å². The third-order valence-corrected chi connectivity index (χ3v) is 2.90. The molecule has 0 spiro atoms. The monoisotopic (exact) mass is 250 g/mol. The van der Waals surface area contributed by atoms with Crippen LogP contribution in [0.2, 0.25) is 0 Å². The Bertz CT molecular complexity index is 503. The van der Waals surface area contributed by atoms with Gasteiger partial charge in [0.2, 0.25) is 5.89 Å². The molecular formula is C13H15ClN2O. The zero-order chi connectivity index (χ0) is 12.4. The van der Waals surface area contributed by atoms with Crippen molar-refractivity contribution >= 4 is 17.3 Å². The van der Waals surface area contributed by atoms with E-state index in [-0.39, 0.29) is 0 Å². The molecule has 2 rings (SSSR count). The maximum Gasteiger partial charge on any atom is 0.226 e. The topological polar surface area (TPSA) is 29.3 Å². The summed E-state index contributed by atoms with van der Waals surface area (Å²) in [6.45, 7) is 1.88. The fourth-order valence-electron chi connectivity index (χ4n) is 1.58. The molecule has 0 bridgehead atoms. The lowest BCUT2D eigenvalue weighted by molar-refractivity contribution is 0.540. The van der Waals surface area contributed by atoms with Crippen LogP contribution in [-0.2, 0) is 5.88 Å². The molecule has 90 valence electrons. The Balaban J connectivity index is 2.33. The highest BCUT2D eigenvalue weighted by Gasteiger charge is 2.10. The molecular weight excluding hydrogens is 236 g/mol. The van der Waals surface area contributed by atoms with E-state index in [0.717, 1.165) is 22.7 Å². The molecule has 0 unspecified atom stereocenters. The Morgan fingerprint density at radius 3 is 2.35 bits per heavy atom. The van der Waals surface area contributed by atoms with Crippen molar-refractivity contribution in [1.82, 2.24) is 4.98 Å². The highest BCUT2D eigenvalue weighted by atomic mass is 35.5. The molecule has 0 N–H and O–H groups in total. The summed E-state index contributed by atoms with van der Waals surface area (Å²) >= 11 is 5.77. The zero-order valence-electron chi connectivity index (χ0n) is 10.2. The van der Waals surface area contributed by atoms with Gasteiger partial charge >= 0.3 is 0 Å². The minimum Gasteiger partial charge on any atom is -0.441 e. The molecule has 2 aromatic rings. The largest absolute Gasteiger partial charge is 0.441 e. The fourth-order valence-corrected chi connectivity index (χ4v) is 1.83. The van der Waals surface area contributed by atoms with E-state index >= 15 is 0 Å². The van der Waals surface area contributed by atoms with E-state index in [1.807, 2.05) is 45.3 Å². The number of aromatic nitrogens is 1. The second-order valence-corrected chi connectivity index (χ2v) is 4.36. The van der Waals surface area contributed by atoms with Crippen molar-refractivity contribution in [2.24, 2.45) is 0 Å². The molecule has 0 amide bonds. The molecule has 1 heterocycles. The van der Waals surface area contributed by atoms with Crippen molar-refractivity contribution in [2.75, 3.05) is 19.0 Å². The number of hydrogen-bond acceptors (Lipinski definition) is 3. The standard InChI is InChI=1S/C13H15ClN2O/c1-9-12(8-14)15-13(17-9)10-4-6-11(7-5-10)16(2)3/h4-7H,8H2,1-3H3. The van der Waals surface area contributed by atoms with Gasteiger partial charge < -0.3 is 9.32 Å². The van der Waals surface area contributed by atoms with Gasteiger partial charge in [0.1, 0.15) is 5.76 Å². The van der Waals surface area contributed by atoms with Crippen molar-refractivity contribution in [3.63, 3.8) is 0 Å². The van der Waals surface area contributed by atoms with Crippen LogP contribution in [0.25, 0.3) is 11.5 Å². The van der Waals surface area contributed by atoms with Gasteiger partial charge in [-0.05, 0) is 31.2 Å². The van der Waals surface area contributed by atoms with Crippen molar-refractivity contribution in [2.45, 2.75) is 12.8 Å². The van der Waals surface area contributed by atoms with Gasteiger partial charge in [-0.1, -0.05) is 0 Å². The summed E-state index contributed by atoms with van der Waals surface area (Å²) in [6, 6.07) is 8.07. The van der Waals surface area contributed by atoms with Gasteiger partial charge in [-0.25, -0.2) is 4.98 Å². The maximum absolute atomic E-state index is 5.77. The second-order valence-electron chi connectivity index (χ2n) is 4.10. The molecule has 0 aliphatic rings. The van der Waals surface area contributed by atoms with Crippen molar-refractivity contribution in [1.29, 1.82) is 0 Å². The number of hydrogen-bond donors (Lipinski definition) is 0. The number of halogens is 1. The molecule has 0 fully saturated rings. The predicted octanol–water partition coefficient (Wildman–Crippen LogP) is 3.45. The average Bonchev–Trinajstić information content (AvgIpc) is 2.70. The molecule has 1 aromatic carbocycles. The fraction of sp³-hybridized carbons (Fsp3) is 0.308. The van der Waals surface area contributed by atoms with Crippen molar-refractivity contribution in [3.05, 3.63) is 35.7 Å². The third-order valence-electron chi connectivity index (χ3n) is 2.65. The lowest BCUT2D eigenvalue weighted by Crippen LogP contribution is -2.07. The highest BCUT2D eigenvalue weighted by Crippen LogP contribution is 2.24. The molecule has 0 aliphatic carbocycles. The Morgan fingerprint density at radius 1 is 1.24 bits per heavy atom. The smallest absolute Gasteiger partial charge is 0.226 e. The first-order chi connectivity index (χ1) is 8.11. The van der Waals surface area contributed by atoms with E-state index in [2.05, 4.69) is 9.88 Å². The number of alkyl halides is 1. The second kappa shape index (κ2) is 4.80. The number of oxazole rings is 1. The first-order valence-corrected chi connectivity index (χ1v) is 5.95.